The second kappa shape index (κ2) is 4.89. The number of aromatic nitrogens is 2. The first-order chi connectivity index (χ1) is 10.3. The predicted molar refractivity (Wildman–Crippen MR) is 82.6 cm³/mol. The van der Waals surface area contributed by atoms with Crippen LogP contribution in [0.3, 0.4) is 0 Å². The lowest BCUT2D eigenvalue weighted by Crippen LogP contribution is -1.94. The Morgan fingerprint density at radius 3 is 3.00 bits per heavy atom. The van der Waals surface area contributed by atoms with Crippen LogP contribution in [0.4, 0.5) is 11.5 Å². The molecule has 1 N–H and O–H groups in total. The summed E-state index contributed by atoms with van der Waals surface area (Å²) in [5, 5.41) is 4.39. The summed E-state index contributed by atoms with van der Waals surface area (Å²) in [7, 11) is 0. The molecular formula is C15H13N3O2S. The Labute approximate surface area is 125 Å². The van der Waals surface area contributed by atoms with Crippen molar-refractivity contribution in [2.75, 3.05) is 12.1 Å². The molecule has 2 aromatic heterocycles. The van der Waals surface area contributed by atoms with Crippen LogP contribution in [0.5, 0.6) is 11.5 Å². The van der Waals surface area contributed by atoms with E-state index in [1.54, 1.807) is 17.7 Å². The molecule has 0 bridgehead atoms. The Bertz CT molecular complexity index is 816. The van der Waals surface area contributed by atoms with E-state index in [1.807, 2.05) is 18.2 Å². The number of nitrogens with one attached hydrogen (secondary N) is 1. The highest BCUT2D eigenvalue weighted by molar-refractivity contribution is 7.18. The molecule has 0 spiro atoms. The molecule has 1 aliphatic heterocycles. The second-order valence-corrected chi connectivity index (χ2v) is 5.82. The van der Waals surface area contributed by atoms with Crippen LogP contribution in [-0.4, -0.2) is 16.8 Å². The molecule has 0 unspecified atom stereocenters. The average molecular weight is 299 g/mol. The number of ether oxygens (including phenoxy) is 2. The molecule has 0 radical (unpaired) electrons. The molecule has 1 aromatic carbocycles. The highest BCUT2D eigenvalue weighted by atomic mass is 32.1. The van der Waals surface area contributed by atoms with E-state index in [-0.39, 0.29) is 6.79 Å². The van der Waals surface area contributed by atoms with E-state index in [0.29, 0.717) is 0 Å². The summed E-state index contributed by atoms with van der Waals surface area (Å²) in [5.41, 5.74) is 0.920. The summed E-state index contributed by atoms with van der Waals surface area (Å²) in [6, 6.07) is 7.92. The van der Waals surface area contributed by atoms with E-state index in [2.05, 4.69) is 28.3 Å². The minimum Gasteiger partial charge on any atom is -0.454 e. The molecule has 4 rings (SSSR count). The molecule has 3 aromatic rings. The van der Waals surface area contributed by atoms with E-state index in [9.17, 15) is 0 Å². The maximum atomic E-state index is 5.39. The average Bonchev–Trinajstić information content (AvgIpc) is 3.13. The molecule has 0 saturated heterocycles. The molecule has 0 saturated carbocycles. The number of rotatable bonds is 3. The standard InChI is InChI=1S/C15H13N3O2S/c1-2-10-6-11-14(16-7-17-15(11)21-10)18-9-3-4-12-13(5-9)20-8-19-12/h3-7H,2,8H2,1H3,(H,16,17,18). The summed E-state index contributed by atoms with van der Waals surface area (Å²) < 4.78 is 10.7. The maximum absolute atomic E-state index is 5.39. The van der Waals surface area contributed by atoms with Gasteiger partial charge in [0.25, 0.3) is 0 Å². The zero-order valence-electron chi connectivity index (χ0n) is 11.4. The molecule has 0 aliphatic carbocycles. The molecular weight excluding hydrogens is 286 g/mol. The van der Waals surface area contributed by atoms with Gasteiger partial charge in [-0.05, 0) is 24.6 Å². The number of fused-ring (bicyclic) bond motifs is 2. The van der Waals surface area contributed by atoms with Crippen molar-refractivity contribution in [3.63, 3.8) is 0 Å². The quantitative estimate of drug-likeness (QED) is 0.798. The Hall–Kier alpha value is -2.34. The van der Waals surface area contributed by atoms with Crippen molar-refractivity contribution in [2.24, 2.45) is 0 Å². The van der Waals surface area contributed by atoms with Crippen LogP contribution in [-0.2, 0) is 6.42 Å². The molecule has 106 valence electrons. The van der Waals surface area contributed by atoms with Gasteiger partial charge in [-0.1, -0.05) is 6.92 Å². The smallest absolute Gasteiger partial charge is 0.231 e. The van der Waals surface area contributed by atoms with E-state index < -0.39 is 0 Å². The summed E-state index contributed by atoms with van der Waals surface area (Å²) in [5.74, 6) is 2.34. The van der Waals surface area contributed by atoms with E-state index in [0.717, 1.165) is 39.6 Å². The number of hydrogen-bond donors (Lipinski definition) is 1. The third-order valence-electron chi connectivity index (χ3n) is 3.36. The number of thiophene rings is 1. The number of aryl methyl sites for hydroxylation is 1. The molecule has 3 heterocycles. The van der Waals surface area contributed by atoms with Gasteiger partial charge >= 0.3 is 0 Å². The van der Waals surface area contributed by atoms with Crippen LogP contribution in [0.15, 0.2) is 30.6 Å². The van der Waals surface area contributed by atoms with Crippen molar-refractivity contribution >= 4 is 33.1 Å². The molecule has 21 heavy (non-hydrogen) atoms. The summed E-state index contributed by atoms with van der Waals surface area (Å²) in [6.07, 6.45) is 2.60. The number of hydrogen-bond acceptors (Lipinski definition) is 6. The summed E-state index contributed by atoms with van der Waals surface area (Å²) in [4.78, 5) is 11.0. The molecule has 0 fully saturated rings. The monoisotopic (exact) mass is 299 g/mol. The lowest BCUT2D eigenvalue weighted by molar-refractivity contribution is 0.174. The fraction of sp³-hybridized carbons (Fsp3) is 0.200. The SMILES string of the molecule is CCc1cc2c(Nc3ccc4c(c3)OCO4)ncnc2s1. The first-order valence-electron chi connectivity index (χ1n) is 6.73. The highest BCUT2D eigenvalue weighted by Crippen LogP contribution is 2.36. The summed E-state index contributed by atoms with van der Waals surface area (Å²) in [6.45, 7) is 2.42. The van der Waals surface area contributed by atoms with Gasteiger partial charge in [0.15, 0.2) is 11.5 Å². The topological polar surface area (TPSA) is 56.3 Å². The van der Waals surface area contributed by atoms with Crippen molar-refractivity contribution in [3.8, 4) is 11.5 Å². The van der Waals surface area contributed by atoms with Gasteiger partial charge in [-0.15, -0.1) is 11.3 Å². The fourth-order valence-electron chi connectivity index (χ4n) is 2.29. The van der Waals surface area contributed by atoms with Gasteiger partial charge in [0.1, 0.15) is 17.0 Å². The minimum atomic E-state index is 0.279. The first-order valence-corrected chi connectivity index (χ1v) is 7.55. The third-order valence-corrected chi connectivity index (χ3v) is 4.55. The molecule has 0 amide bonds. The molecule has 1 aliphatic rings. The lowest BCUT2D eigenvalue weighted by atomic mass is 10.2. The van der Waals surface area contributed by atoms with Crippen LogP contribution in [0.25, 0.3) is 10.2 Å². The van der Waals surface area contributed by atoms with Crippen LogP contribution in [0.2, 0.25) is 0 Å². The van der Waals surface area contributed by atoms with Gasteiger partial charge in [0.05, 0.1) is 5.39 Å². The van der Waals surface area contributed by atoms with E-state index in [4.69, 9.17) is 9.47 Å². The highest BCUT2D eigenvalue weighted by Gasteiger charge is 2.14. The Balaban J connectivity index is 1.72. The largest absolute Gasteiger partial charge is 0.454 e. The van der Waals surface area contributed by atoms with Crippen molar-refractivity contribution in [2.45, 2.75) is 13.3 Å². The lowest BCUT2D eigenvalue weighted by Gasteiger charge is -2.07. The van der Waals surface area contributed by atoms with Gasteiger partial charge in [0, 0.05) is 16.6 Å². The normalized spacial score (nSPS) is 12.8. The van der Waals surface area contributed by atoms with Crippen molar-refractivity contribution < 1.29 is 9.47 Å². The zero-order valence-corrected chi connectivity index (χ0v) is 12.2. The van der Waals surface area contributed by atoms with Gasteiger partial charge in [-0.3, -0.25) is 0 Å². The molecule has 6 heteroatoms. The second-order valence-electron chi connectivity index (χ2n) is 4.70. The molecule has 0 atom stereocenters. The Morgan fingerprint density at radius 2 is 2.10 bits per heavy atom. The Morgan fingerprint density at radius 1 is 1.19 bits per heavy atom. The van der Waals surface area contributed by atoms with Gasteiger partial charge in [-0.25, -0.2) is 9.97 Å². The summed E-state index contributed by atoms with van der Waals surface area (Å²) >= 11 is 1.71. The Kier molecular flexibility index (Phi) is 2.89. The van der Waals surface area contributed by atoms with Crippen LogP contribution in [0, 0.1) is 0 Å². The van der Waals surface area contributed by atoms with Crippen molar-refractivity contribution in [1.29, 1.82) is 0 Å². The predicted octanol–water partition coefficient (Wildman–Crippen LogP) is 3.73. The fourth-order valence-corrected chi connectivity index (χ4v) is 3.23. The first kappa shape index (κ1) is 12.4. The van der Waals surface area contributed by atoms with Gasteiger partial charge in [0.2, 0.25) is 6.79 Å². The van der Waals surface area contributed by atoms with Gasteiger partial charge < -0.3 is 14.8 Å². The van der Waals surface area contributed by atoms with Crippen molar-refractivity contribution in [1.82, 2.24) is 9.97 Å². The maximum Gasteiger partial charge on any atom is 0.231 e. The number of nitrogens with zero attached hydrogens (tertiary/aromatic N) is 2. The van der Waals surface area contributed by atoms with E-state index in [1.165, 1.54) is 4.88 Å². The molecule has 5 nitrogen and oxygen atoms in total. The number of benzene rings is 1. The zero-order chi connectivity index (χ0) is 14.2. The minimum absolute atomic E-state index is 0.279. The van der Waals surface area contributed by atoms with E-state index >= 15 is 0 Å². The van der Waals surface area contributed by atoms with Crippen molar-refractivity contribution in [3.05, 3.63) is 35.5 Å². The van der Waals surface area contributed by atoms with Crippen LogP contribution >= 0.6 is 11.3 Å². The third kappa shape index (κ3) is 2.17. The van der Waals surface area contributed by atoms with Crippen LogP contribution in [0.1, 0.15) is 11.8 Å². The number of anilines is 2. The van der Waals surface area contributed by atoms with Crippen LogP contribution < -0.4 is 14.8 Å². The van der Waals surface area contributed by atoms with Gasteiger partial charge in [-0.2, -0.15) is 0 Å².